The number of aryl methyl sites for hydroxylation is 1. The Labute approximate surface area is 121 Å². The molecule has 1 aliphatic carbocycles. The van der Waals surface area contributed by atoms with E-state index in [1.54, 1.807) is 0 Å². The number of H-pyrrole nitrogens is 1. The Bertz CT molecular complexity index is 601. The predicted molar refractivity (Wildman–Crippen MR) is 77.0 cm³/mol. The third-order valence-corrected chi connectivity index (χ3v) is 4.18. The summed E-state index contributed by atoms with van der Waals surface area (Å²) in [4.78, 5) is 12.0. The van der Waals surface area contributed by atoms with E-state index in [1.165, 1.54) is 24.2 Å². The predicted octanol–water partition coefficient (Wildman–Crippen LogP) is 2.73. The Kier molecular flexibility index (Phi) is 3.77. The van der Waals surface area contributed by atoms with Crippen LogP contribution in [0.5, 0.6) is 0 Å². The van der Waals surface area contributed by atoms with Gasteiger partial charge in [0, 0.05) is 18.0 Å². The highest BCUT2D eigenvalue weighted by Gasteiger charge is 2.26. The number of hydrogen-bond acceptors (Lipinski definition) is 5. The van der Waals surface area contributed by atoms with Crippen LogP contribution in [0.3, 0.4) is 0 Å². The summed E-state index contributed by atoms with van der Waals surface area (Å²) in [6, 6.07) is 1.83. The number of anilines is 1. The Balaban J connectivity index is 1.60. The number of amides is 1. The van der Waals surface area contributed by atoms with E-state index in [9.17, 15) is 4.79 Å². The second kappa shape index (κ2) is 5.70. The summed E-state index contributed by atoms with van der Waals surface area (Å²) in [6.07, 6.45) is 5.49. The third kappa shape index (κ3) is 3.04. The second-order valence-corrected chi connectivity index (χ2v) is 6.10. The lowest BCUT2D eigenvalue weighted by atomic mass is 10.2. The highest BCUT2D eigenvalue weighted by atomic mass is 32.1. The van der Waals surface area contributed by atoms with Gasteiger partial charge in [-0.1, -0.05) is 24.7 Å². The molecule has 0 bridgehead atoms. The van der Waals surface area contributed by atoms with Crippen molar-refractivity contribution in [3.63, 3.8) is 0 Å². The van der Waals surface area contributed by atoms with Crippen molar-refractivity contribution in [3.05, 3.63) is 22.5 Å². The molecule has 0 unspecified atom stereocenters. The van der Waals surface area contributed by atoms with Crippen LogP contribution < -0.4 is 5.32 Å². The lowest BCUT2D eigenvalue weighted by Crippen LogP contribution is -2.12. The molecular formula is C13H17N5OS. The highest BCUT2D eigenvalue weighted by molar-refractivity contribution is 7.15. The molecule has 106 valence electrons. The fraction of sp³-hybridized carbons (Fsp3) is 0.538. The van der Waals surface area contributed by atoms with Crippen molar-refractivity contribution in [2.24, 2.45) is 0 Å². The zero-order valence-electron chi connectivity index (χ0n) is 11.3. The minimum atomic E-state index is -0.230. The maximum Gasteiger partial charge on any atom is 0.277 e. The maximum absolute atomic E-state index is 12.0. The van der Waals surface area contributed by atoms with Gasteiger partial charge in [0.1, 0.15) is 5.01 Å². The van der Waals surface area contributed by atoms with Crippen molar-refractivity contribution in [1.29, 1.82) is 0 Å². The van der Waals surface area contributed by atoms with E-state index in [0.29, 0.717) is 16.7 Å². The lowest BCUT2D eigenvalue weighted by Gasteiger charge is -1.95. The largest absolute Gasteiger partial charge is 0.295 e. The molecule has 0 aromatic carbocycles. The van der Waals surface area contributed by atoms with Gasteiger partial charge in [-0.3, -0.25) is 15.2 Å². The average molecular weight is 291 g/mol. The van der Waals surface area contributed by atoms with Crippen LogP contribution in [0, 0.1) is 0 Å². The van der Waals surface area contributed by atoms with Crippen LogP contribution in [0.2, 0.25) is 0 Å². The van der Waals surface area contributed by atoms with Crippen molar-refractivity contribution in [2.75, 3.05) is 5.32 Å². The molecule has 0 saturated heterocycles. The van der Waals surface area contributed by atoms with Crippen molar-refractivity contribution >= 4 is 22.4 Å². The SMILES string of the molecule is CCCCc1nnc(NC(=O)c2cc(C3CC3)[nH]n2)s1. The number of carbonyl (C=O) groups is 1. The molecule has 7 heteroatoms. The van der Waals surface area contributed by atoms with Gasteiger partial charge in [0.15, 0.2) is 5.69 Å². The van der Waals surface area contributed by atoms with Crippen LogP contribution >= 0.6 is 11.3 Å². The number of nitrogens with zero attached hydrogens (tertiary/aromatic N) is 3. The van der Waals surface area contributed by atoms with Crippen molar-refractivity contribution in [2.45, 2.75) is 44.9 Å². The molecule has 1 aliphatic rings. The third-order valence-electron chi connectivity index (χ3n) is 3.28. The van der Waals surface area contributed by atoms with E-state index in [-0.39, 0.29) is 5.91 Å². The molecule has 0 atom stereocenters. The van der Waals surface area contributed by atoms with Gasteiger partial charge in [-0.25, -0.2) is 0 Å². The molecule has 2 N–H and O–H groups in total. The Morgan fingerprint density at radius 3 is 3.10 bits per heavy atom. The molecule has 0 radical (unpaired) electrons. The van der Waals surface area contributed by atoms with Crippen LogP contribution in [-0.2, 0) is 6.42 Å². The maximum atomic E-state index is 12.0. The van der Waals surface area contributed by atoms with Gasteiger partial charge >= 0.3 is 0 Å². The lowest BCUT2D eigenvalue weighted by molar-refractivity contribution is 0.102. The average Bonchev–Trinajstić information content (AvgIpc) is 3.01. The molecule has 1 saturated carbocycles. The smallest absolute Gasteiger partial charge is 0.277 e. The van der Waals surface area contributed by atoms with Gasteiger partial charge in [0.25, 0.3) is 5.91 Å². The Hall–Kier alpha value is -1.76. The minimum Gasteiger partial charge on any atom is -0.295 e. The monoisotopic (exact) mass is 291 g/mol. The van der Waals surface area contributed by atoms with E-state index < -0.39 is 0 Å². The van der Waals surface area contributed by atoms with Crippen LogP contribution in [0.25, 0.3) is 0 Å². The number of unbranched alkanes of at least 4 members (excludes halogenated alkanes) is 1. The van der Waals surface area contributed by atoms with E-state index >= 15 is 0 Å². The first kappa shape index (κ1) is 13.2. The number of rotatable bonds is 6. The first-order valence-corrected chi connectivity index (χ1v) is 7.77. The summed E-state index contributed by atoms with van der Waals surface area (Å²) >= 11 is 1.43. The highest BCUT2D eigenvalue weighted by Crippen LogP contribution is 2.39. The van der Waals surface area contributed by atoms with Crippen molar-refractivity contribution in [3.8, 4) is 0 Å². The fourth-order valence-corrected chi connectivity index (χ4v) is 2.73. The Morgan fingerprint density at radius 2 is 2.35 bits per heavy atom. The fourth-order valence-electron chi connectivity index (χ4n) is 1.95. The number of carbonyl (C=O) groups excluding carboxylic acids is 1. The van der Waals surface area contributed by atoms with E-state index in [4.69, 9.17) is 0 Å². The normalized spacial score (nSPS) is 14.4. The number of aromatic amines is 1. The van der Waals surface area contributed by atoms with Gasteiger partial charge in [-0.2, -0.15) is 5.10 Å². The Morgan fingerprint density at radius 1 is 1.50 bits per heavy atom. The molecule has 2 aromatic rings. The molecule has 2 heterocycles. The van der Waals surface area contributed by atoms with Crippen LogP contribution in [-0.4, -0.2) is 26.3 Å². The van der Waals surface area contributed by atoms with Gasteiger partial charge in [0.05, 0.1) is 0 Å². The van der Waals surface area contributed by atoms with Crippen LogP contribution in [0.1, 0.15) is 59.7 Å². The first-order chi connectivity index (χ1) is 9.76. The van der Waals surface area contributed by atoms with Gasteiger partial charge in [-0.05, 0) is 25.3 Å². The summed E-state index contributed by atoms with van der Waals surface area (Å²) in [6.45, 7) is 2.14. The molecule has 0 spiro atoms. The first-order valence-electron chi connectivity index (χ1n) is 6.95. The summed E-state index contributed by atoms with van der Waals surface area (Å²) in [5.74, 6) is 0.331. The van der Waals surface area contributed by atoms with Crippen molar-refractivity contribution < 1.29 is 4.79 Å². The van der Waals surface area contributed by atoms with Crippen molar-refractivity contribution in [1.82, 2.24) is 20.4 Å². The molecule has 3 rings (SSSR count). The van der Waals surface area contributed by atoms with Gasteiger partial charge < -0.3 is 0 Å². The zero-order chi connectivity index (χ0) is 13.9. The molecule has 6 nitrogen and oxygen atoms in total. The number of hydrogen-bond donors (Lipinski definition) is 2. The number of aromatic nitrogens is 4. The standard InChI is InChI=1S/C13H17N5OS/c1-2-3-4-11-17-18-13(20-11)14-12(19)10-7-9(15-16-10)8-5-6-8/h7-8H,2-6H2,1H3,(H,15,16)(H,14,18,19). The van der Waals surface area contributed by atoms with Crippen LogP contribution in [0.15, 0.2) is 6.07 Å². The summed E-state index contributed by atoms with van der Waals surface area (Å²) < 4.78 is 0. The van der Waals surface area contributed by atoms with Gasteiger partial charge in [0.2, 0.25) is 5.13 Å². The summed E-state index contributed by atoms with van der Waals surface area (Å²) in [5, 5.41) is 19.3. The topological polar surface area (TPSA) is 83.6 Å². The zero-order valence-corrected chi connectivity index (χ0v) is 12.2. The summed E-state index contributed by atoms with van der Waals surface area (Å²) in [7, 11) is 0. The molecule has 20 heavy (non-hydrogen) atoms. The van der Waals surface area contributed by atoms with E-state index in [0.717, 1.165) is 30.0 Å². The molecule has 1 amide bonds. The van der Waals surface area contributed by atoms with Gasteiger partial charge in [-0.15, -0.1) is 10.2 Å². The number of nitrogens with one attached hydrogen (secondary N) is 2. The summed E-state index contributed by atoms with van der Waals surface area (Å²) in [5.41, 5.74) is 1.47. The molecule has 2 aromatic heterocycles. The van der Waals surface area contributed by atoms with Crippen LogP contribution in [0.4, 0.5) is 5.13 Å². The molecule has 0 aliphatic heterocycles. The quantitative estimate of drug-likeness (QED) is 0.857. The van der Waals surface area contributed by atoms with E-state index in [1.807, 2.05) is 6.07 Å². The second-order valence-electron chi connectivity index (χ2n) is 5.04. The molecule has 1 fully saturated rings. The molecular weight excluding hydrogens is 274 g/mol. The minimum absolute atomic E-state index is 0.230. The van der Waals surface area contributed by atoms with E-state index in [2.05, 4.69) is 32.6 Å².